The molecule has 0 fully saturated rings. The lowest BCUT2D eigenvalue weighted by atomic mass is 9.93. The van der Waals surface area contributed by atoms with Gasteiger partial charge >= 0.3 is 0 Å². The summed E-state index contributed by atoms with van der Waals surface area (Å²) in [6.07, 6.45) is 2.57. The van der Waals surface area contributed by atoms with Gasteiger partial charge in [-0.1, -0.05) is 6.92 Å². The van der Waals surface area contributed by atoms with E-state index in [-0.39, 0.29) is 29.9 Å². The second-order valence-corrected chi connectivity index (χ2v) is 5.66. The monoisotopic (exact) mass is 437 g/mol. The highest BCUT2D eigenvalue weighted by molar-refractivity contribution is 14.0. The summed E-state index contributed by atoms with van der Waals surface area (Å²) in [5.74, 6) is 1.27. The van der Waals surface area contributed by atoms with E-state index in [1.807, 2.05) is 18.4 Å². The fourth-order valence-corrected chi connectivity index (χ4v) is 1.73. The Bertz CT molecular complexity index is 513. The zero-order chi connectivity index (χ0) is 16.6. The maximum Gasteiger partial charge on any atom is 0.224 e. The van der Waals surface area contributed by atoms with Gasteiger partial charge in [0.1, 0.15) is 12.2 Å². The molecule has 132 valence electrons. The third-order valence-corrected chi connectivity index (χ3v) is 3.30. The van der Waals surface area contributed by atoms with Gasteiger partial charge in [0.05, 0.1) is 12.0 Å². The number of nitrogens with one attached hydrogen (secondary N) is 2. The van der Waals surface area contributed by atoms with Gasteiger partial charge in [0.15, 0.2) is 5.96 Å². The second kappa shape index (κ2) is 10.4. The number of hydrogen-bond donors (Lipinski definition) is 3. The van der Waals surface area contributed by atoms with Crippen molar-refractivity contribution in [3.8, 4) is 0 Å². The minimum atomic E-state index is -0.661. The molecule has 0 unspecified atom stereocenters. The van der Waals surface area contributed by atoms with Crippen molar-refractivity contribution in [2.45, 2.75) is 40.7 Å². The number of hydrogen-bond acceptors (Lipinski definition) is 4. The van der Waals surface area contributed by atoms with Crippen molar-refractivity contribution < 1.29 is 4.79 Å². The number of carbonyl (C=O) groups is 1. The molecule has 1 rings (SSSR count). The van der Waals surface area contributed by atoms with Crippen LogP contribution in [0.15, 0.2) is 11.3 Å². The summed E-state index contributed by atoms with van der Waals surface area (Å²) in [5.41, 5.74) is 4.70. The highest BCUT2D eigenvalue weighted by Crippen LogP contribution is 2.13. The Kier molecular flexibility index (Phi) is 9.77. The number of aromatic nitrogens is 3. The van der Waals surface area contributed by atoms with Gasteiger partial charge in [-0.15, -0.1) is 34.2 Å². The van der Waals surface area contributed by atoms with Crippen LogP contribution >= 0.6 is 24.0 Å². The lowest BCUT2D eigenvalue weighted by Gasteiger charge is -2.19. The molecule has 4 N–H and O–H groups in total. The molecule has 0 atom stereocenters. The highest BCUT2D eigenvalue weighted by Gasteiger charge is 2.24. The van der Waals surface area contributed by atoms with E-state index in [1.54, 1.807) is 20.2 Å². The van der Waals surface area contributed by atoms with Crippen LogP contribution in [0.2, 0.25) is 0 Å². The molecule has 9 heteroatoms. The lowest BCUT2D eigenvalue weighted by Crippen LogP contribution is -2.41. The van der Waals surface area contributed by atoms with Crippen molar-refractivity contribution in [1.29, 1.82) is 0 Å². The van der Waals surface area contributed by atoms with E-state index < -0.39 is 5.41 Å². The van der Waals surface area contributed by atoms with Crippen LogP contribution in [0, 0.1) is 5.41 Å². The van der Waals surface area contributed by atoms with Crippen LogP contribution in [-0.2, 0) is 17.8 Å². The van der Waals surface area contributed by atoms with Crippen LogP contribution < -0.4 is 16.4 Å². The van der Waals surface area contributed by atoms with Gasteiger partial charge in [-0.05, 0) is 20.8 Å². The van der Waals surface area contributed by atoms with Crippen molar-refractivity contribution >= 4 is 35.8 Å². The molecule has 0 aromatic carbocycles. The first-order valence-corrected chi connectivity index (χ1v) is 7.59. The molecule has 0 aliphatic rings. The largest absolute Gasteiger partial charge is 0.369 e. The SMILES string of the molecule is CCNC(=NCC(C)(C)C(N)=O)NCCn1cnnc1CC.I. The molecule has 0 radical (unpaired) electrons. The minimum absolute atomic E-state index is 0. The van der Waals surface area contributed by atoms with Crippen LogP contribution in [0.25, 0.3) is 0 Å². The summed E-state index contributed by atoms with van der Waals surface area (Å²) < 4.78 is 2.00. The van der Waals surface area contributed by atoms with E-state index in [0.29, 0.717) is 19.0 Å². The fraction of sp³-hybridized carbons (Fsp3) is 0.714. The number of aliphatic imine (C=N–C) groups is 1. The summed E-state index contributed by atoms with van der Waals surface area (Å²) in [6.45, 7) is 10.1. The first kappa shape index (κ1) is 21.6. The molecule has 0 spiro atoms. The van der Waals surface area contributed by atoms with Crippen LogP contribution in [0.5, 0.6) is 0 Å². The van der Waals surface area contributed by atoms with Crippen LogP contribution in [0.3, 0.4) is 0 Å². The molecule has 0 saturated heterocycles. The summed E-state index contributed by atoms with van der Waals surface area (Å²) in [5, 5.41) is 14.3. The second-order valence-electron chi connectivity index (χ2n) is 5.66. The lowest BCUT2D eigenvalue weighted by molar-refractivity contribution is -0.125. The Morgan fingerprint density at radius 1 is 1.39 bits per heavy atom. The predicted molar refractivity (Wildman–Crippen MR) is 102 cm³/mol. The van der Waals surface area contributed by atoms with Crippen molar-refractivity contribution in [3.63, 3.8) is 0 Å². The Morgan fingerprint density at radius 2 is 2.09 bits per heavy atom. The molecule has 1 aromatic rings. The molecular formula is C14H28IN7O. The zero-order valence-electron chi connectivity index (χ0n) is 14.3. The Balaban J connectivity index is 0.00000484. The molecule has 8 nitrogen and oxygen atoms in total. The van der Waals surface area contributed by atoms with Crippen molar-refractivity contribution in [2.75, 3.05) is 19.6 Å². The number of rotatable bonds is 8. The maximum atomic E-state index is 11.3. The highest BCUT2D eigenvalue weighted by atomic mass is 127. The minimum Gasteiger partial charge on any atom is -0.369 e. The van der Waals surface area contributed by atoms with Crippen LogP contribution in [0.4, 0.5) is 0 Å². The molecule has 1 amide bonds. The number of amides is 1. The molecule has 1 aromatic heterocycles. The van der Waals surface area contributed by atoms with E-state index in [1.165, 1.54) is 0 Å². The van der Waals surface area contributed by atoms with Gasteiger partial charge < -0.3 is 20.9 Å². The van der Waals surface area contributed by atoms with Crippen molar-refractivity contribution in [1.82, 2.24) is 25.4 Å². The van der Waals surface area contributed by atoms with Gasteiger partial charge in [0.25, 0.3) is 0 Å². The number of carbonyl (C=O) groups excluding carboxylic acids is 1. The molecular weight excluding hydrogens is 409 g/mol. The summed E-state index contributed by atoms with van der Waals surface area (Å²) in [4.78, 5) is 15.7. The molecule has 0 saturated carbocycles. The van der Waals surface area contributed by atoms with Gasteiger partial charge in [-0.3, -0.25) is 9.79 Å². The van der Waals surface area contributed by atoms with Crippen LogP contribution in [-0.4, -0.2) is 46.3 Å². The molecule has 0 aliphatic heterocycles. The third-order valence-electron chi connectivity index (χ3n) is 3.30. The smallest absolute Gasteiger partial charge is 0.224 e. The summed E-state index contributed by atoms with van der Waals surface area (Å²) in [6, 6.07) is 0. The quantitative estimate of drug-likeness (QED) is 0.312. The number of primary amides is 1. The van der Waals surface area contributed by atoms with Crippen molar-refractivity contribution in [3.05, 3.63) is 12.2 Å². The fourth-order valence-electron chi connectivity index (χ4n) is 1.73. The Labute approximate surface area is 154 Å². The van der Waals surface area contributed by atoms with E-state index in [9.17, 15) is 4.79 Å². The third kappa shape index (κ3) is 7.14. The number of aryl methyl sites for hydroxylation is 1. The van der Waals surface area contributed by atoms with E-state index in [2.05, 4.69) is 25.8 Å². The van der Waals surface area contributed by atoms with E-state index in [4.69, 9.17) is 5.73 Å². The molecule has 23 heavy (non-hydrogen) atoms. The predicted octanol–water partition coefficient (Wildman–Crippen LogP) is 0.525. The Morgan fingerprint density at radius 3 is 2.65 bits per heavy atom. The molecule has 0 aliphatic carbocycles. The standard InChI is InChI=1S/C14H27N7O.HI/c1-5-11-20-19-10-21(11)8-7-17-13(16-6-2)18-9-14(3,4)12(15)22;/h10H,5-9H2,1-4H3,(H2,15,22)(H2,16,17,18);1H. The number of nitrogens with two attached hydrogens (primary N) is 1. The number of nitrogens with zero attached hydrogens (tertiary/aromatic N) is 4. The average Bonchev–Trinajstić information content (AvgIpc) is 2.92. The van der Waals surface area contributed by atoms with Crippen LogP contribution in [0.1, 0.15) is 33.5 Å². The maximum absolute atomic E-state index is 11.3. The molecule has 1 heterocycles. The van der Waals surface area contributed by atoms with Gasteiger partial charge in [0, 0.05) is 26.1 Å². The van der Waals surface area contributed by atoms with E-state index >= 15 is 0 Å². The van der Waals surface area contributed by atoms with E-state index in [0.717, 1.165) is 25.3 Å². The topological polar surface area (TPSA) is 110 Å². The summed E-state index contributed by atoms with van der Waals surface area (Å²) >= 11 is 0. The first-order chi connectivity index (χ1) is 10.4. The number of guanidine groups is 1. The van der Waals surface area contributed by atoms with Gasteiger partial charge in [-0.25, -0.2) is 0 Å². The first-order valence-electron chi connectivity index (χ1n) is 7.59. The summed E-state index contributed by atoms with van der Waals surface area (Å²) in [7, 11) is 0. The van der Waals surface area contributed by atoms with Gasteiger partial charge in [0.2, 0.25) is 5.91 Å². The molecule has 0 bridgehead atoms. The van der Waals surface area contributed by atoms with Crippen molar-refractivity contribution in [2.24, 2.45) is 16.1 Å². The number of halogens is 1. The average molecular weight is 437 g/mol. The zero-order valence-corrected chi connectivity index (χ0v) is 16.6. The normalized spacial score (nSPS) is 11.7. The van der Waals surface area contributed by atoms with Gasteiger partial charge in [-0.2, -0.15) is 0 Å². The Hall–Kier alpha value is -1.39.